The van der Waals surface area contributed by atoms with Crippen molar-refractivity contribution in [3.63, 3.8) is 0 Å². The lowest BCUT2D eigenvalue weighted by Gasteiger charge is -2.45. The van der Waals surface area contributed by atoms with Gasteiger partial charge in [-0.3, -0.25) is 14.7 Å². The summed E-state index contributed by atoms with van der Waals surface area (Å²) in [5.41, 5.74) is 1.39. The molecule has 1 amide bonds. The number of carbonyl (C=O) groups excluding carboxylic acids is 1. The smallest absolute Gasteiger partial charge is 0.254 e. The van der Waals surface area contributed by atoms with Gasteiger partial charge >= 0.3 is 0 Å². The zero-order valence-electron chi connectivity index (χ0n) is 14.1. The van der Waals surface area contributed by atoms with Crippen molar-refractivity contribution in [1.82, 2.24) is 15.0 Å². The number of anilines is 3. The summed E-state index contributed by atoms with van der Waals surface area (Å²) in [5.74, 6) is 0.750. The summed E-state index contributed by atoms with van der Waals surface area (Å²) < 4.78 is 0. The van der Waals surface area contributed by atoms with Crippen LogP contribution in [-0.2, 0) is 4.79 Å². The quantitative estimate of drug-likeness (QED) is 0.766. The van der Waals surface area contributed by atoms with Gasteiger partial charge in [-0.15, -0.1) is 0 Å². The van der Waals surface area contributed by atoms with Gasteiger partial charge in [-0.1, -0.05) is 19.3 Å². The highest BCUT2D eigenvalue weighted by Crippen LogP contribution is 2.41. The SMILES string of the molecule is CC1C(=O)N(c2cccnc2)c2cnc(Cl)nc2N1C1CCCCC1. The van der Waals surface area contributed by atoms with Crippen molar-refractivity contribution in [3.05, 3.63) is 36.0 Å². The number of pyridine rings is 1. The monoisotopic (exact) mass is 357 g/mol. The third-order valence-electron chi connectivity index (χ3n) is 5.07. The van der Waals surface area contributed by atoms with Gasteiger partial charge in [0, 0.05) is 12.2 Å². The Balaban J connectivity index is 1.84. The second-order valence-corrected chi connectivity index (χ2v) is 6.95. The summed E-state index contributed by atoms with van der Waals surface area (Å²) in [6, 6.07) is 3.69. The number of fused-ring (bicyclic) bond motifs is 1. The Morgan fingerprint density at radius 1 is 1.20 bits per heavy atom. The highest BCUT2D eigenvalue weighted by atomic mass is 35.5. The van der Waals surface area contributed by atoms with E-state index in [1.807, 2.05) is 19.1 Å². The van der Waals surface area contributed by atoms with Gasteiger partial charge in [0.15, 0.2) is 5.82 Å². The van der Waals surface area contributed by atoms with E-state index in [4.69, 9.17) is 11.6 Å². The average Bonchev–Trinajstić information content (AvgIpc) is 2.65. The molecule has 0 radical (unpaired) electrons. The maximum atomic E-state index is 13.2. The molecule has 130 valence electrons. The van der Waals surface area contributed by atoms with Crippen LogP contribution < -0.4 is 9.80 Å². The van der Waals surface area contributed by atoms with Crippen LogP contribution in [-0.4, -0.2) is 32.9 Å². The predicted molar refractivity (Wildman–Crippen MR) is 97.2 cm³/mol. The average molecular weight is 358 g/mol. The van der Waals surface area contributed by atoms with E-state index in [1.165, 1.54) is 19.3 Å². The van der Waals surface area contributed by atoms with E-state index >= 15 is 0 Å². The molecule has 2 aromatic heterocycles. The molecule has 0 bridgehead atoms. The summed E-state index contributed by atoms with van der Waals surface area (Å²) >= 11 is 6.09. The highest BCUT2D eigenvalue weighted by Gasteiger charge is 2.41. The number of aromatic nitrogens is 3. The molecule has 1 aliphatic carbocycles. The fourth-order valence-corrected chi connectivity index (χ4v) is 4.03. The Hall–Kier alpha value is -2.21. The Labute approximate surface area is 151 Å². The molecular formula is C18H20ClN5O. The summed E-state index contributed by atoms with van der Waals surface area (Å²) in [6.07, 6.45) is 10.8. The van der Waals surface area contributed by atoms with Crippen LogP contribution in [0.2, 0.25) is 5.28 Å². The van der Waals surface area contributed by atoms with Crippen LogP contribution in [0.4, 0.5) is 17.2 Å². The zero-order valence-corrected chi connectivity index (χ0v) is 14.9. The van der Waals surface area contributed by atoms with Gasteiger partial charge in [-0.05, 0) is 43.5 Å². The number of hydrogen-bond acceptors (Lipinski definition) is 5. The van der Waals surface area contributed by atoms with Crippen molar-refractivity contribution in [2.24, 2.45) is 0 Å². The summed E-state index contributed by atoms with van der Waals surface area (Å²) in [4.78, 5) is 29.8. The standard InChI is InChI=1S/C18H20ClN5O/c1-12-17(25)24(14-8-5-9-20-10-14)15-11-21-18(19)22-16(15)23(12)13-6-3-2-4-7-13/h5,8-13H,2-4,6-7H2,1H3. The number of amides is 1. The van der Waals surface area contributed by atoms with Crippen LogP contribution in [0.1, 0.15) is 39.0 Å². The first-order chi connectivity index (χ1) is 12.2. The highest BCUT2D eigenvalue weighted by molar-refractivity contribution is 6.28. The van der Waals surface area contributed by atoms with Crippen LogP contribution >= 0.6 is 11.6 Å². The van der Waals surface area contributed by atoms with E-state index in [0.29, 0.717) is 11.7 Å². The molecule has 0 aromatic carbocycles. The molecule has 0 spiro atoms. The van der Waals surface area contributed by atoms with Gasteiger partial charge in [0.25, 0.3) is 5.91 Å². The minimum atomic E-state index is -0.304. The lowest BCUT2D eigenvalue weighted by molar-refractivity contribution is -0.119. The van der Waals surface area contributed by atoms with Crippen LogP contribution in [0.5, 0.6) is 0 Å². The second kappa shape index (κ2) is 6.59. The second-order valence-electron chi connectivity index (χ2n) is 6.61. The topological polar surface area (TPSA) is 62.2 Å². The third kappa shape index (κ3) is 2.84. The normalized spacial score (nSPS) is 21.4. The number of rotatable bonds is 2. The molecule has 1 atom stereocenters. The Morgan fingerprint density at radius 3 is 2.72 bits per heavy atom. The lowest BCUT2D eigenvalue weighted by Crippen LogP contribution is -2.55. The molecule has 0 N–H and O–H groups in total. The fourth-order valence-electron chi connectivity index (χ4n) is 3.90. The van der Waals surface area contributed by atoms with Crippen LogP contribution in [0.15, 0.2) is 30.7 Å². The van der Waals surface area contributed by atoms with Gasteiger partial charge in [0.05, 0.1) is 18.1 Å². The zero-order chi connectivity index (χ0) is 17.4. The first-order valence-electron chi connectivity index (χ1n) is 8.71. The van der Waals surface area contributed by atoms with Crippen molar-refractivity contribution in [2.45, 2.75) is 51.1 Å². The number of halogens is 1. The molecule has 2 aromatic rings. The summed E-state index contributed by atoms with van der Waals surface area (Å²) in [6.45, 7) is 1.94. The molecule has 1 aliphatic heterocycles. The van der Waals surface area contributed by atoms with Gasteiger partial charge in [-0.2, -0.15) is 4.98 Å². The molecule has 7 heteroatoms. The Morgan fingerprint density at radius 2 is 2.00 bits per heavy atom. The molecule has 2 aliphatic rings. The van der Waals surface area contributed by atoms with Crippen molar-refractivity contribution in [2.75, 3.05) is 9.80 Å². The molecule has 0 saturated heterocycles. The molecule has 25 heavy (non-hydrogen) atoms. The first kappa shape index (κ1) is 16.3. The van der Waals surface area contributed by atoms with Crippen LogP contribution in [0.3, 0.4) is 0 Å². The van der Waals surface area contributed by atoms with E-state index in [0.717, 1.165) is 24.3 Å². The predicted octanol–water partition coefficient (Wildman–Crippen LogP) is 3.73. The number of nitrogens with zero attached hydrogens (tertiary/aromatic N) is 5. The number of carbonyl (C=O) groups is 1. The van der Waals surface area contributed by atoms with E-state index in [1.54, 1.807) is 23.5 Å². The summed E-state index contributed by atoms with van der Waals surface area (Å²) in [7, 11) is 0. The van der Waals surface area contributed by atoms with E-state index in [-0.39, 0.29) is 17.2 Å². The minimum Gasteiger partial charge on any atom is -0.340 e. The van der Waals surface area contributed by atoms with Gasteiger partial charge < -0.3 is 4.90 Å². The molecule has 6 nitrogen and oxygen atoms in total. The lowest BCUT2D eigenvalue weighted by atomic mass is 9.92. The van der Waals surface area contributed by atoms with Crippen LogP contribution in [0.25, 0.3) is 0 Å². The van der Waals surface area contributed by atoms with Crippen molar-refractivity contribution in [1.29, 1.82) is 0 Å². The number of hydrogen-bond donors (Lipinski definition) is 0. The molecular weight excluding hydrogens is 338 g/mol. The van der Waals surface area contributed by atoms with E-state index in [9.17, 15) is 4.79 Å². The third-order valence-corrected chi connectivity index (χ3v) is 5.26. The molecule has 3 heterocycles. The Bertz CT molecular complexity index is 778. The maximum absolute atomic E-state index is 13.2. The van der Waals surface area contributed by atoms with E-state index in [2.05, 4.69) is 19.9 Å². The minimum absolute atomic E-state index is 0.0111. The Kier molecular flexibility index (Phi) is 4.29. The molecule has 1 fully saturated rings. The van der Waals surface area contributed by atoms with Gasteiger partial charge in [0.2, 0.25) is 5.28 Å². The fraction of sp³-hybridized carbons (Fsp3) is 0.444. The molecule has 4 rings (SSSR count). The van der Waals surface area contributed by atoms with Crippen molar-refractivity contribution in [3.8, 4) is 0 Å². The van der Waals surface area contributed by atoms with E-state index < -0.39 is 0 Å². The van der Waals surface area contributed by atoms with Crippen molar-refractivity contribution >= 4 is 34.7 Å². The van der Waals surface area contributed by atoms with Crippen LogP contribution in [0, 0.1) is 0 Å². The van der Waals surface area contributed by atoms with Crippen molar-refractivity contribution < 1.29 is 4.79 Å². The first-order valence-corrected chi connectivity index (χ1v) is 9.09. The largest absolute Gasteiger partial charge is 0.340 e. The maximum Gasteiger partial charge on any atom is 0.254 e. The molecule has 1 saturated carbocycles. The molecule has 1 unspecified atom stereocenters. The summed E-state index contributed by atoms with van der Waals surface area (Å²) in [5, 5.41) is 0.201. The van der Waals surface area contributed by atoms with Gasteiger partial charge in [-0.25, -0.2) is 4.98 Å². The van der Waals surface area contributed by atoms with Gasteiger partial charge in [0.1, 0.15) is 11.7 Å².